The number of nitrogens with zero attached hydrogens (tertiary/aromatic N) is 1. The van der Waals surface area contributed by atoms with Gasteiger partial charge in [-0.2, -0.15) is 0 Å². The Morgan fingerprint density at radius 1 is 1.20 bits per heavy atom. The van der Waals surface area contributed by atoms with Crippen LogP contribution in [0.3, 0.4) is 0 Å². The second kappa shape index (κ2) is 7.74. The minimum absolute atomic E-state index is 0.00447. The first-order valence-corrected chi connectivity index (χ1v) is 8.44. The van der Waals surface area contributed by atoms with Crippen LogP contribution in [0.25, 0.3) is 0 Å². The molecule has 2 aromatic rings. The third kappa shape index (κ3) is 4.42. The molecule has 25 heavy (non-hydrogen) atoms. The molecule has 0 bridgehead atoms. The van der Waals surface area contributed by atoms with Crippen molar-refractivity contribution in [1.82, 2.24) is 4.90 Å². The molecule has 0 radical (unpaired) electrons. The van der Waals surface area contributed by atoms with Crippen LogP contribution in [0.5, 0.6) is 0 Å². The number of amides is 1. The van der Waals surface area contributed by atoms with E-state index in [1.807, 2.05) is 31.2 Å². The van der Waals surface area contributed by atoms with Crippen molar-refractivity contribution in [3.05, 3.63) is 70.8 Å². The minimum Gasteiger partial charge on any atom is -0.372 e. The summed E-state index contributed by atoms with van der Waals surface area (Å²) in [6.45, 7) is 3.38. The van der Waals surface area contributed by atoms with E-state index in [0.29, 0.717) is 24.2 Å². The van der Waals surface area contributed by atoms with Crippen LogP contribution in [0.1, 0.15) is 34.3 Å². The van der Waals surface area contributed by atoms with E-state index in [1.165, 1.54) is 6.07 Å². The molecule has 1 atom stereocenters. The number of likely N-dealkylation sites (tertiary alicyclic amines) is 1. The molecule has 1 heterocycles. The van der Waals surface area contributed by atoms with Gasteiger partial charge in [0.25, 0.3) is 5.91 Å². The summed E-state index contributed by atoms with van der Waals surface area (Å²) in [7, 11) is 0. The topological polar surface area (TPSA) is 29.5 Å². The van der Waals surface area contributed by atoms with Crippen molar-refractivity contribution in [1.29, 1.82) is 0 Å². The van der Waals surface area contributed by atoms with E-state index in [9.17, 15) is 13.6 Å². The molecule has 1 saturated heterocycles. The molecule has 1 fully saturated rings. The summed E-state index contributed by atoms with van der Waals surface area (Å²) >= 11 is 0. The van der Waals surface area contributed by atoms with E-state index in [2.05, 4.69) is 0 Å². The highest BCUT2D eigenvalue weighted by Gasteiger charge is 2.25. The molecular formula is C20H21F2NO2. The van der Waals surface area contributed by atoms with Crippen molar-refractivity contribution >= 4 is 5.91 Å². The number of hydrogen-bond acceptors (Lipinski definition) is 2. The summed E-state index contributed by atoms with van der Waals surface area (Å²) in [5, 5.41) is 0. The third-order valence-corrected chi connectivity index (χ3v) is 4.40. The number of piperidine rings is 1. The molecule has 0 saturated carbocycles. The van der Waals surface area contributed by atoms with Crippen LogP contribution in [0.2, 0.25) is 0 Å². The second-order valence-electron chi connectivity index (χ2n) is 6.44. The van der Waals surface area contributed by atoms with Gasteiger partial charge in [0.05, 0.1) is 12.7 Å². The van der Waals surface area contributed by atoms with E-state index in [0.717, 1.165) is 30.5 Å². The molecule has 3 nitrogen and oxygen atoms in total. The highest BCUT2D eigenvalue weighted by Crippen LogP contribution is 2.18. The average molecular weight is 345 g/mol. The van der Waals surface area contributed by atoms with Gasteiger partial charge in [0.2, 0.25) is 0 Å². The quantitative estimate of drug-likeness (QED) is 0.835. The van der Waals surface area contributed by atoms with Crippen LogP contribution >= 0.6 is 0 Å². The van der Waals surface area contributed by atoms with E-state index in [1.54, 1.807) is 4.90 Å². The van der Waals surface area contributed by atoms with Gasteiger partial charge in [-0.25, -0.2) is 8.78 Å². The lowest BCUT2D eigenvalue weighted by molar-refractivity contribution is -0.00682. The number of halogens is 2. The van der Waals surface area contributed by atoms with Crippen molar-refractivity contribution in [2.75, 3.05) is 13.1 Å². The van der Waals surface area contributed by atoms with E-state index in [4.69, 9.17) is 4.74 Å². The van der Waals surface area contributed by atoms with Gasteiger partial charge in [-0.15, -0.1) is 0 Å². The predicted molar refractivity (Wildman–Crippen MR) is 91.3 cm³/mol. The predicted octanol–water partition coefficient (Wildman–Crippen LogP) is 4.09. The zero-order valence-corrected chi connectivity index (χ0v) is 14.2. The van der Waals surface area contributed by atoms with Crippen molar-refractivity contribution in [3.63, 3.8) is 0 Å². The number of hydrogen-bond donors (Lipinski definition) is 0. The largest absolute Gasteiger partial charge is 0.372 e. The first-order valence-electron chi connectivity index (χ1n) is 8.44. The molecular weight excluding hydrogens is 324 g/mol. The molecule has 5 heteroatoms. The summed E-state index contributed by atoms with van der Waals surface area (Å²) in [6, 6.07) is 11.3. The number of aryl methyl sites for hydroxylation is 1. The smallest absolute Gasteiger partial charge is 0.253 e. The SMILES string of the molecule is Cc1cccc(C(=O)N2CCCC(OCc3ccc(F)c(F)c3)C2)c1. The standard InChI is InChI=1S/C20H21F2NO2/c1-14-4-2-5-16(10-14)20(24)23-9-3-6-17(12-23)25-13-15-7-8-18(21)19(22)11-15/h2,4-5,7-8,10-11,17H,3,6,9,12-13H2,1H3. The lowest BCUT2D eigenvalue weighted by Gasteiger charge is -2.32. The van der Waals surface area contributed by atoms with Gasteiger partial charge in [0.1, 0.15) is 0 Å². The monoisotopic (exact) mass is 345 g/mol. The third-order valence-electron chi connectivity index (χ3n) is 4.40. The minimum atomic E-state index is -0.874. The van der Waals surface area contributed by atoms with Gasteiger partial charge >= 0.3 is 0 Å². The Bertz CT molecular complexity index is 763. The van der Waals surface area contributed by atoms with Gasteiger partial charge < -0.3 is 9.64 Å². The highest BCUT2D eigenvalue weighted by atomic mass is 19.2. The Labute approximate surface area is 146 Å². The molecule has 2 aromatic carbocycles. The van der Waals surface area contributed by atoms with Crippen LogP contribution < -0.4 is 0 Å². The Morgan fingerprint density at radius 3 is 2.80 bits per heavy atom. The van der Waals surface area contributed by atoms with Gasteiger partial charge in [0.15, 0.2) is 11.6 Å². The molecule has 0 aromatic heterocycles. The molecule has 0 N–H and O–H groups in total. The molecule has 3 rings (SSSR count). The molecule has 132 valence electrons. The summed E-state index contributed by atoms with van der Waals surface area (Å²) in [6.07, 6.45) is 1.61. The Hall–Kier alpha value is -2.27. The molecule has 1 aliphatic heterocycles. The van der Waals surface area contributed by atoms with Gasteiger partial charge in [-0.3, -0.25) is 4.79 Å². The Kier molecular flexibility index (Phi) is 5.43. The molecule has 0 aliphatic carbocycles. The molecule has 1 aliphatic rings. The van der Waals surface area contributed by atoms with Crippen molar-refractivity contribution in [3.8, 4) is 0 Å². The summed E-state index contributed by atoms with van der Waals surface area (Å²) < 4.78 is 32.0. The van der Waals surface area contributed by atoms with Crippen molar-refractivity contribution < 1.29 is 18.3 Å². The van der Waals surface area contributed by atoms with Crippen LogP contribution in [0.15, 0.2) is 42.5 Å². The number of carbonyl (C=O) groups is 1. The maximum absolute atomic E-state index is 13.2. The summed E-state index contributed by atoms with van der Waals surface area (Å²) in [4.78, 5) is 14.4. The summed E-state index contributed by atoms with van der Waals surface area (Å²) in [5.41, 5.74) is 2.32. The van der Waals surface area contributed by atoms with Crippen molar-refractivity contribution in [2.45, 2.75) is 32.5 Å². The fraction of sp³-hybridized carbons (Fsp3) is 0.350. The normalized spacial score (nSPS) is 17.6. The highest BCUT2D eigenvalue weighted by molar-refractivity contribution is 5.94. The van der Waals surface area contributed by atoms with Crippen LogP contribution in [-0.2, 0) is 11.3 Å². The zero-order valence-electron chi connectivity index (χ0n) is 14.2. The lowest BCUT2D eigenvalue weighted by atomic mass is 10.1. The van der Waals surface area contributed by atoms with Gasteiger partial charge in [-0.1, -0.05) is 23.8 Å². The fourth-order valence-corrected chi connectivity index (χ4v) is 3.06. The van der Waals surface area contributed by atoms with Gasteiger partial charge in [-0.05, 0) is 49.6 Å². The maximum Gasteiger partial charge on any atom is 0.253 e. The fourth-order valence-electron chi connectivity index (χ4n) is 3.06. The van der Waals surface area contributed by atoms with Crippen LogP contribution in [-0.4, -0.2) is 30.0 Å². The maximum atomic E-state index is 13.2. The number of benzene rings is 2. The Morgan fingerprint density at radius 2 is 2.04 bits per heavy atom. The zero-order chi connectivity index (χ0) is 17.8. The Balaban J connectivity index is 1.59. The van der Waals surface area contributed by atoms with Crippen LogP contribution in [0.4, 0.5) is 8.78 Å². The van der Waals surface area contributed by atoms with E-state index in [-0.39, 0.29) is 18.6 Å². The van der Waals surface area contributed by atoms with E-state index < -0.39 is 11.6 Å². The van der Waals surface area contributed by atoms with Crippen molar-refractivity contribution in [2.24, 2.45) is 0 Å². The molecule has 1 unspecified atom stereocenters. The first-order chi connectivity index (χ1) is 12.0. The number of ether oxygens (including phenoxy) is 1. The molecule has 0 spiro atoms. The average Bonchev–Trinajstić information content (AvgIpc) is 2.62. The second-order valence-corrected chi connectivity index (χ2v) is 6.44. The van der Waals surface area contributed by atoms with Crippen LogP contribution in [0, 0.1) is 18.6 Å². The number of rotatable bonds is 4. The lowest BCUT2D eigenvalue weighted by Crippen LogP contribution is -2.43. The summed E-state index contributed by atoms with van der Waals surface area (Å²) in [5.74, 6) is -1.73. The number of carbonyl (C=O) groups excluding carboxylic acids is 1. The van der Waals surface area contributed by atoms with Gasteiger partial charge in [0, 0.05) is 18.7 Å². The van der Waals surface area contributed by atoms with E-state index >= 15 is 0 Å². The molecule has 1 amide bonds. The first kappa shape index (κ1) is 17.5.